The van der Waals surface area contributed by atoms with Crippen molar-refractivity contribution in [1.29, 1.82) is 0 Å². The predicted molar refractivity (Wildman–Crippen MR) is 69.6 cm³/mol. The largest absolute Gasteiger partial charge is 0.478 e. The minimum Gasteiger partial charge on any atom is -0.478 e. The van der Waals surface area contributed by atoms with E-state index in [-0.39, 0.29) is 22.4 Å². The van der Waals surface area contributed by atoms with Crippen molar-refractivity contribution in [1.82, 2.24) is 0 Å². The average Bonchev–Trinajstić information content (AvgIpc) is 2.36. The van der Waals surface area contributed by atoms with Crippen LogP contribution >= 0.6 is 12.6 Å². The first-order valence-corrected chi connectivity index (χ1v) is 5.92. The van der Waals surface area contributed by atoms with Crippen LogP contribution in [0.1, 0.15) is 27.6 Å². The van der Waals surface area contributed by atoms with Gasteiger partial charge in [-0.1, -0.05) is 0 Å². The molecule has 0 spiro atoms. The maximum absolute atomic E-state index is 11.0. The fraction of sp³-hybridized carbons (Fsp3) is 0.364. The number of nitrogens with zero attached hydrogens (tertiary/aromatic N) is 1. The van der Waals surface area contributed by atoms with Crippen LogP contribution in [0.5, 0.6) is 0 Å². The van der Waals surface area contributed by atoms with Crippen LogP contribution in [-0.4, -0.2) is 38.1 Å². The lowest BCUT2D eigenvalue weighted by molar-refractivity contribution is -0.385. The smallest absolute Gasteiger partial charge is 0.336 e. The molecule has 1 rings (SSSR count). The Hall–Kier alpha value is -1.64. The van der Waals surface area contributed by atoms with Crippen molar-refractivity contribution in [2.24, 2.45) is 0 Å². The molecule has 1 aromatic carbocycles. The van der Waals surface area contributed by atoms with E-state index in [1.165, 1.54) is 6.92 Å². The van der Waals surface area contributed by atoms with Crippen LogP contribution in [0.2, 0.25) is 0 Å². The lowest BCUT2D eigenvalue weighted by Crippen LogP contribution is -2.20. The molecule has 2 unspecified atom stereocenters. The molecule has 0 bridgehead atoms. The van der Waals surface area contributed by atoms with Gasteiger partial charge in [-0.15, -0.1) is 0 Å². The molecule has 19 heavy (non-hydrogen) atoms. The molecule has 8 heteroatoms. The number of hydrogen-bond acceptors (Lipinski definition) is 6. The number of nitro groups is 1. The molecule has 3 N–H and O–H groups in total. The van der Waals surface area contributed by atoms with Gasteiger partial charge in [0.1, 0.15) is 6.10 Å². The van der Waals surface area contributed by atoms with Crippen LogP contribution < -0.4 is 0 Å². The Morgan fingerprint density at radius 3 is 2.47 bits per heavy atom. The number of aliphatic hydroxyl groups is 2. The Kier molecular flexibility index (Phi) is 4.87. The van der Waals surface area contributed by atoms with E-state index in [1.54, 1.807) is 0 Å². The molecule has 1 aromatic rings. The molecule has 104 valence electrons. The molecule has 0 aromatic heterocycles. The monoisotopic (exact) mass is 287 g/mol. The molecule has 0 radical (unpaired) electrons. The Morgan fingerprint density at radius 2 is 2.05 bits per heavy atom. The molecule has 0 aliphatic carbocycles. The van der Waals surface area contributed by atoms with Crippen molar-refractivity contribution < 1.29 is 25.0 Å². The Labute approximate surface area is 114 Å². The minimum atomic E-state index is -1.44. The number of hydrogen-bond donors (Lipinski definition) is 4. The van der Waals surface area contributed by atoms with Gasteiger partial charge in [0.05, 0.1) is 16.6 Å². The van der Waals surface area contributed by atoms with Gasteiger partial charge in [0.15, 0.2) is 0 Å². The van der Waals surface area contributed by atoms with E-state index < -0.39 is 28.8 Å². The number of rotatable bonds is 5. The number of benzene rings is 1. The van der Waals surface area contributed by atoms with Crippen molar-refractivity contribution in [3.8, 4) is 0 Å². The fourth-order valence-corrected chi connectivity index (χ4v) is 1.82. The molecule has 0 heterocycles. The van der Waals surface area contributed by atoms with E-state index in [0.717, 1.165) is 12.1 Å². The van der Waals surface area contributed by atoms with E-state index in [1.807, 2.05) is 0 Å². The zero-order valence-corrected chi connectivity index (χ0v) is 10.9. The summed E-state index contributed by atoms with van der Waals surface area (Å²) in [5, 5.41) is 39.1. The summed E-state index contributed by atoms with van der Waals surface area (Å²) in [6.07, 6.45) is -2.68. The van der Waals surface area contributed by atoms with Crippen LogP contribution in [0.4, 0.5) is 5.69 Å². The van der Waals surface area contributed by atoms with Crippen molar-refractivity contribution >= 4 is 24.3 Å². The molecule has 0 fully saturated rings. The van der Waals surface area contributed by atoms with Crippen LogP contribution in [0.25, 0.3) is 0 Å². The molecule has 0 amide bonds. The molecular formula is C11H13NO6S. The van der Waals surface area contributed by atoms with Gasteiger partial charge in [-0.2, -0.15) is 12.6 Å². The quantitative estimate of drug-likeness (QED) is 0.363. The van der Waals surface area contributed by atoms with Crippen molar-refractivity contribution in [2.75, 3.05) is 5.75 Å². The summed E-state index contributed by atoms with van der Waals surface area (Å²) in [6, 6.07) is 2.17. The zero-order valence-electron chi connectivity index (χ0n) is 9.98. The number of carboxylic acids is 1. The second-order valence-corrected chi connectivity index (χ2v) is 4.33. The third kappa shape index (κ3) is 3.22. The predicted octanol–water partition coefficient (Wildman–Crippen LogP) is 0.926. The first-order chi connectivity index (χ1) is 8.79. The van der Waals surface area contributed by atoms with Gasteiger partial charge in [0, 0.05) is 17.4 Å². The van der Waals surface area contributed by atoms with Gasteiger partial charge in [-0.3, -0.25) is 10.1 Å². The number of nitro benzene ring substituents is 1. The van der Waals surface area contributed by atoms with Crippen LogP contribution in [0.15, 0.2) is 12.1 Å². The zero-order chi connectivity index (χ0) is 14.7. The van der Waals surface area contributed by atoms with E-state index in [4.69, 9.17) is 5.11 Å². The first-order valence-electron chi connectivity index (χ1n) is 5.28. The van der Waals surface area contributed by atoms with Crippen LogP contribution in [0, 0.1) is 17.0 Å². The van der Waals surface area contributed by atoms with Gasteiger partial charge in [0.2, 0.25) is 0 Å². The highest BCUT2D eigenvalue weighted by molar-refractivity contribution is 7.80. The van der Waals surface area contributed by atoms with Crippen molar-refractivity contribution in [3.63, 3.8) is 0 Å². The normalized spacial score (nSPS) is 13.9. The standard InChI is InChI=1S/C11H13NO6S/c1-5-7(11(15)16)2-6(3-8(5)12(17)18)10(14)9(13)4-19/h2-3,9-10,13-14,19H,4H2,1H3,(H,15,16). The molecule has 0 aliphatic heterocycles. The number of thiol groups is 1. The van der Waals surface area contributed by atoms with Crippen molar-refractivity contribution in [2.45, 2.75) is 19.1 Å². The summed E-state index contributed by atoms with van der Waals surface area (Å²) in [4.78, 5) is 21.2. The van der Waals surface area contributed by atoms with Gasteiger partial charge >= 0.3 is 5.97 Å². The Bertz CT molecular complexity index is 483. The van der Waals surface area contributed by atoms with Gasteiger partial charge in [0.25, 0.3) is 5.69 Å². The molecule has 2 atom stereocenters. The third-order valence-electron chi connectivity index (χ3n) is 2.72. The highest BCUT2D eigenvalue weighted by Gasteiger charge is 2.25. The average molecular weight is 287 g/mol. The molecule has 7 nitrogen and oxygen atoms in total. The van der Waals surface area contributed by atoms with Crippen LogP contribution in [-0.2, 0) is 0 Å². The number of aliphatic hydroxyl groups excluding tert-OH is 2. The maximum atomic E-state index is 11.0. The lowest BCUT2D eigenvalue weighted by Gasteiger charge is -2.17. The number of aromatic carboxylic acids is 1. The number of carbonyl (C=O) groups is 1. The summed E-state index contributed by atoms with van der Waals surface area (Å²) >= 11 is 3.80. The maximum Gasteiger partial charge on any atom is 0.336 e. The third-order valence-corrected chi connectivity index (χ3v) is 3.10. The molecule has 0 aliphatic rings. The summed E-state index contributed by atoms with van der Waals surface area (Å²) in [5.41, 5.74) is -0.736. The van der Waals surface area contributed by atoms with Gasteiger partial charge < -0.3 is 15.3 Å². The lowest BCUT2D eigenvalue weighted by atomic mass is 9.97. The Balaban J connectivity index is 3.42. The summed E-state index contributed by atoms with van der Waals surface area (Å²) in [5.74, 6) is -1.40. The molecular weight excluding hydrogens is 274 g/mol. The van der Waals surface area contributed by atoms with E-state index in [2.05, 4.69) is 12.6 Å². The van der Waals surface area contributed by atoms with E-state index in [0.29, 0.717) is 0 Å². The fourth-order valence-electron chi connectivity index (χ4n) is 1.63. The molecule has 0 saturated heterocycles. The SMILES string of the molecule is Cc1c(C(=O)O)cc(C(O)C(O)CS)cc1[N+](=O)[O-]. The second kappa shape index (κ2) is 6.00. The highest BCUT2D eigenvalue weighted by atomic mass is 32.1. The highest BCUT2D eigenvalue weighted by Crippen LogP contribution is 2.28. The van der Waals surface area contributed by atoms with Crippen LogP contribution in [0.3, 0.4) is 0 Å². The number of carboxylic acid groups (broad SMARTS) is 1. The van der Waals surface area contributed by atoms with Crippen molar-refractivity contribution in [3.05, 3.63) is 38.9 Å². The summed E-state index contributed by atoms with van der Waals surface area (Å²) < 4.78 is 0. The molecule has 0 saturated carbocycles. The van der Waals surface area contributed by atoms with Gasteiger partial charge in [-0.25, -0.2) is 4.79 Å². The van der Waals surface area contributed by atoms with E-state index >= 15 is 0 Å². The first kappa shape index (κ1) is 15.4. The topological polar surface area (TPSA) is 121 Å². The van der Waals surface area contributed by atoms with Gasteiger partial charge in [-0.05, 0) is 18.6 Å². The van der Waals surface area contributed by atoms with E-state index in [9.17, 15) is 25.1 Å². The second-order valence-electron chi connectivity index (χ2n) is 3.97. The minimum absolute atomic E-state index is 0.00573. The summed E-state index contributed by atoms with van der Waals surface area (Å²) in [6.45, 7) is 1.31. The Morgan fingerprint density at radius 1 is 1.47 bits per heavy atom. The summed E-state index contributed by atoms with van der Waals surface area (Å²) in [7, 11) is 0.